The van der Waals surface area contributed by atoms with Crippen molar-refractivity contribution < 1.29 is 4.79 Å². The molecule has 1 fully saturated rings. The lowest BCUT2D eigenvalue weighted by atomic mass is 9.89. The van der Waals surface area contributed by atoms with Crippen LogP contribution in [0.2, 0.25) is 0 Å². The van der Waals surface area contributed by atoms with Gasteiger partial charge in [-0.15, -0.1) is 11.3 Å². The lowest BCUT2D eigenvalue weighted by Crippen LogP contribution is -2.31. The van der Waals surface area contributed by atoms with Gasteiger partial charge in [-0.2, -0.15) is 0 Å². The lowest BCUT2D eigenvalue weighted by molar-refractivity contribution is -0.116. The Bertz CT molecular complexity index is 1290. The molecule has 0 saturated heterocycles. The monoisotopic (exact) mass is 479 g/mol. The number of amides is 1. The molecule has 0 unspecified atom stereocenters. The Labute approximate surface area is 202 Å². The van der Waals surface area contributed by atoms with Gasteiger partial charge in [-0.3, -0.25) is 14.2 Å². The molecule has 6 rings (SSSR count). The molecular formula is C26H29N3O2S2. The number of thiophene rings is 1. The second-order valence-electron chi connectivity index (χ2n) is 9.75. The van der Waals surface area contributed by atoms with E-state index in [2.05, 4.69) is 13.0 Å². The number of benzene rings is 1. The quantitative estimate of drug-likeness (QED) is 0.372. The summed E-state index contributed by atoms with van der Waals surface area (Å²) < 4.78 is 1.95. The Morgan fingerprint density at radius 3 is 2.85 bits per heavy atom. The van der Waals surface area contributed by atoms with Gasteiger partial charge in [0.2, 0.25) is 5.91 Å². The van der Waals surface area contributed by atoms with Crippen LogP contribution in [0.4, 0.5) is 5.69 Å². The first kappa shape index (κ1) is 21.4. The first-order valence-corrected chi connectivity index (χ1v) is 14.0. The van der Waals surface area contributed by atoms with Crippen molar-refractivity contribution in [3.63, 3.8) is 0 Å². The van der Waals surface area contributed by atoms with E-state index in [1.165, 1.54) is 27.8 Å². The topological polar surface area (TPSA) is 55.2 Å². The van der Waals surface area contributed by atoms with Gasteiger partial charge in [-0.25, -0.2) is 4.98 Å². The summed E-state index contributed by atoms with van der Waals surface area (Å²) in [6.07, 6.45) is 8.44. The summed E-state index contributed by atoms with van der Waals surface area (Å²) in [5.41, 5.74) is 3.63. The summed E-state index contributed by atoms with van der Waals surface area (Å²) in [6, 6.07) is 8.35. The molecule has 7 heteroatoms. The molecule has 0 radical (unpaired) electrons. The standard InChI is InChI=1S/C26H29N3O2S2/c1-16-10-11-19-21(14-16)33-24-23(19)25(31)29(18-7-3-4-8-18)26(27-24)32-15-22(30)28-13-12-17-6-2-5-9-20(17)28/h2,5-6,9,16,18H,3-4,7-8,10-15H2,1H3/t16-/m1/s1. The number of aromatic nitrogens is 2. The van der Waals surface area contributed by atoms with E-state index in [9.17, 15) is 9.59 Å². The van der Waals surface area contributed by atoms with Gasteiger partial charge in [-0.1, -0.05) is 49.7 Å². The van der Waals surface area contributed by atoms with Crippen LogP contribution in [-0.4, -0.2) is 27.8 Å². The van der Waals surface area contributed by atoms with Crippen molar-refractivity contribution in [2.75, 3.05) is 17.2 Å². The van der Waals surface area contributed by atoms with E-state index < -0.39 is 0 Å². The van der Waals surface area contributed by atoms with Crippen molar-refractivity contribution in [3.8, 4) is 0 Å². The minimum atomic E-state index is 0.0940. The molecule has 0 bridgehead atoms. The maximum Gasteiger partial charge on any atom is 0.263 e. The zero-order valence-corrected chi connectivity index (χ0v) is 20.6. The highest BCUT2D eigenvalue weighted by Gasteiger charge is 2.29. The minimum absolute atomic E-state index is 0.0940. The number of hydrogen-bond donors (Lipinski definition) is 0. The van der Waals surface area contributed by atoms with Gasteiger partial charge in [0.15, 0.2) is 5.16 Å². The molecule has 1 aromatic carbocycles. The first-order valence-electron chi connectivity index (χ1n) is 12.2. The van der Waals surface area contributed by atoms with E-state index in [1.807, 2.05) is 27.7 Å². The summed E-state index contributed by atoms with van der Waals surface area (Å²) >= 11 is 3.15. The molecule has 1 saturated carbocycles. The van der Waals surface area contributed by atoms with Gasteiger partial charge in [0.05, 0.1) is 11.1 Å². The van der Waals surface area contributed by atoms with E-state index in [0.29, 0.717) is 11.7 Å². The number of fused-ring (bicyclic) bond motifs is 4. The molecule has 33 heavy (non-hydrogen) atoms. The number of anilines is 1. The fourth-order valence-corrected chi connectivity index (χ4v) is 8.14. The number of carbonyl (C=O) groups is 1. The minimum Gasteiger partial charge on any atom is -0.311 e. The van der Waals surface area contributed by atoms with Crippen LogP contribution in [0, 0.1) is 5.92 Å². The third-order valence-electron chi connectivity index (χ3n) is 7.53. The van der Waals surface area contributed by atoms with Crippen LogP contribution in [0.15, 0.2) is 34.2 Å². The van der Waals surface area contributed by atoms with Crippen molar-refractivity contribution in [3.05, 3.63) is 50.6 Å². The van der Waals surface area contributed by atoms with Crippen LogP contribution >= 0.6 is 23.1 Å². The van der Waals surface area contributed by atoms with Crippen molar-refractivity contribution in [1.29, 1.82) is 0 Å². The Morgan fingerprint density at radius 1 is 1.18 bits per heavy atom. The molecule has 1 atom stereocenters. The summed E-state index contributed by atoms with van der Waals surface area (Å²) in [7, 11) is 0. The van der Waals surface area contributed by atoms with Crippen LogP contribution in [0.25, 0.3) is 10.2 Å². The highest BCUT2D eigenvalue weighted by atomic mass is 32.2. The predicted octanol–water partition coefficient (Wildman–Crippen LogP) is 5.38. The second kappa shape index (κ2) is 8.58. The van der Waals surface area contributed by atoms with Crippen LogP contribution in [0.5, 0.6) is 0 Å². The van der Waals surface area contributed by atoms with Crippen molar-refractivity contribution >= 4 is 44.9 Å². The molecule has 1 aliphatic heterocycles. The van der Waals surface area contributed by atoms with Gasteiger partial charge in [0.25, 0.3) is 5.56 Å². The van der Waals surface area contributed by atoms with Gasteiger partial charge < -0.3 is 4.90 Å². The summed E-state index contributed by atoms with van der Waals surface area (Å²) in [4.78, 5) is 36.1. The maximum absolute atomic E-state index is 13.8. The number of rotatable bonds is 4. The van der Waals surface area contributed by atoms with E-state index >= 15 is 0 Å². The van der Waals surface area contributed by atoms with Gasteiger partial charge in [0, 0.05) is 23.2 Å². The Hall–Kier alpha value is -2.12. The fraction of sp³-hybridized carbons (Fsp3) is 0.500. The first-order chi connectivity index (χ1) is 16.1. The normalized spacial score (nSPS) is 20.4. The third kappa shape index (κ3) is 3.73. The Morgan fingerprint density at radius 2 is 2.00 bits per heavy atom. The van der Waals surface area contributed by atoms with Crippen LogP contribution in [0.1, 0.15) is 61.1 Å². The SMILES string of the molecule is C[C@@H]1CCc2c(sc3nc(SCC(=O)N4CCc5ccccc54)n(C4CCCC4)c(=O)c23)C1. The summed E-state index contributed by atoms with van der Waals surface area (Å²) in [5.74, 6) is 1.06. The van der Waals surface area contributed by atoms with Crippen molar-refractivity contribution in [2.45, 2.75) is 69.5 Å². The van der Waals surface area contributed by atoms with Crippen LogP contribution in [0.3, 0.4) is 0 Å². The van der Waals surface area contributed by atoms with Gasteiger partial charge in [0.1, 0.15) is 4.83 Å². The van der Waals surface area contributed by atoms with E-state index in [1.54, 1.807) is 11.3 Å². The highest BCUT2D eigenvalue weighted by molar-refractivity contribution is 7.99. The molecule has 2 aromatic heterocycles. The number of para-hydroxylation sites is 1. The molecule has 1 amide bonds. The number of carbonyl (C=O) groups excluding carboxylic acids is 1. The van der Waals surface area contributed by atoms with E-state index in [0.717, 1.165) is 79.0 Å². The molecule has 2 aliphatic carbocycles. The van der Waals surface area contributed by atoms with Crippen LogP contribution < -0.4 is 10.5 Å². The molecule has 3 aliphatic rings. The van der Waals surface area contributed by atoms with Crippen LogP contribution in [-0.2, 0) is 24.1 Å². The second-order valence-corrected chi connectivity index (χ2v) is 11.8. The van der Waals surface area contributed by atoms with E-state index in [-0.39, 0.29) is 17.5 Å². The lowest BCUT2D eigenvalue weighted by Gasteiger charge is -2.20. The number of aryl methyl sites for hydroxylation is 1. The zero-order valence-electron chi connectivity index (χ0n) is 19.0. The average molecular weight is 480 g/mol. The number of thioether (sulfide) groups is 1. The van der Waals surface area contributed by atoms with Crippen molar-refractivity contribution in [1.82, 2.24) is 9.55 Å². The molecule has 3 aromatic rings. The molecule has 3 heterocycles. The third-order valence-corrected chi connectivity index (χ3v) is 9.62. The smallest absolute Gasteiger partial charge is 0.263 e. The maximum atomic E-state index is 13.8. The fourth-order valence-electron chi connectivity index (χ4n) is 5.77. The van der Waals surface area contributed by atoms with Gasteiger partial charge in [-0.05, 0) is 61.6 Å². The predicted molar refractivity (Wildman–Crippen MR) is 136 cm³/mol. The van der Waals surface area contributed by atoms with E-state index in [4.69, 9.17) is 4.98 Å². The van der Waals surface area contributed by atoms with Crippen molar-refractivity contribution in [2.24, 2.45) is 5.92 Å². The Kier molecular flexibility index (Phi) is 5.57. The molecule has 5 nitrogen and oxygen atoms in total. The number of hydrogen-bond acceptors (Lipinski definition) is 5. The molecular weight excluding hydrogens is 450 g/mol. The Balaban J connectivity index is 1.35. The molecule has 172 valence electrons. The summed E-state index contributed by atoms with van der Waals surface area (Å²) in [5, 5.41) is 1.59. The average Bonchev–Trinajstić information content (AvgIpc) is 3.55. The molecule has 0 N–H and O–H groups in total. The largest absolute Gasteiger partial charge is 0.311 e. The number of nitrogens with zero attached hydrogens (tertiary/aromatic N) is 3. The highest BCUT2D eigenvalue weighted by Crippen LogP contribution is 2.39. The summed E-state index contributed by atoms with van der Waals surface area (Å²) in [6.45, 7) is 3.03. The zero-order chi connectivity index (χ0) is 22.5. The van der Waals surface area contributed by atoms with Gasteiger partial charge >= 0.3 is 0 Å². The molecule has 0 spiro atoms.